The van der Waals surface area contributed by atoms with Crippen LogP contribution in [-0.2, 0) is 27.9 Å². The topological polar surface area (TPSA) is 117 Å². The fourth-order valence-electron chi connectivity index (χ4n) is 5.35. The Morgan fingerprint density at radius 1 is 1.23 bits per heavy atom. The summed E-state index contributed by atoms with van der Waals surface area (Å²) in [5.41, 5.74) is 3.37. The van der Waals surface area contributed by atoms with Crippen molar-refractivity contribution in [1.82, 2.24) is 19.4 Å². The zero-order valence-corrected chi connectivity index (χ0v) is 23.6. The number of aromatic nitrogens is 3. The van der Waals surface area contributed by atoms with Gasteiger partial charge in [-0.3, -0.25) is 14.9 Å². The van der Waals surface area contributed by atoms with Gasteiger partial charge in [-0.1, -0.05) is 0 Å². The van der Waals surface area contributed by atoms with E-state index in [9.17, 15) is 14.7 Å². The van der Waals surface area contributed by atoms with E-state index in [2.05, 4.69) is 9.88 Å². The van der Waals surface area contributed by atoms with Crippen LogP contribution in [0, 0.1) is 12.8 Å². The Balaban J connectivity index is 1.31. The molecule has 2 atom stereocenters. The summed E-state index contributed by atoms with van der Waals surface area (Å²) >= 11 is 0. The number of aliphatic hydroxyl groups excluding tert-OH is 1. The number of esters is 1. The first-order valence-corrected chi connectivity index (χ1v) is 14.3. The molecule has 0 radical (unpaired) electrons. The van der Waals surface area contributed by atoms with Gasteiger partial charge in [0.2, 0.25) is 0 Å². The lowest BCUT2D eigenvalue weighted by atomic mass is 9.96. The summed E-state index contributed by atoms with van der Waals surface area (Å²) < 4.78 is 20.9. The summed E-state index contributed by atoms with van der Waals surface area (Å²) in [7, 11) is 1.76. The number of fused-ring (bicyclic) bond motifs is 1. The lowest BCUT2D eigenvalue weighted by Gasteiger charge is -2.28. The van der Waals surface area contributed by atoms with E-state index in [1.807, 2.05) is 37.4 Å². The lowest BCUT2D eigenvalue weighted by molar-refractivity contribution is -0.158. The number of imidazole rings is 1. The van der Waals surface area contributed by atoms with Crippen LogP contribution in [0.1, 0.15) is 44.6 Å². The Morgan fingerprint density at radius 3 is 2.67 bits per heavy atom. The highest BCUT2D eigenvalue weighted by molar-refractivity contribution is 5.82. The second kappa shape index (κ2) is 12.5. The molecule has 1 saturated carbocycles. The van der Waals surface area contributed by atoms with E-state index in [0.717, 1.165) is 74.3 Å². The molecule has 0 bridgehead atoms. The summed E-state index contributed by atoms with van der Waals surface area (Å²) in [5.74, 6) is 1.55. The molecular formula is C30H40N4O6. The average molecular weight is 553 g/mol. The van der Waals surface area contributed by atoms with Gasteiger partial charge in [0.05, 0.1) is 17.1 Å². The molecule has 5 rings (SSSR count). The van der Waals surface area contributed by atoms with Crippen LogP contribution in [0.15, 0.2) is 35.3 Å². The highest BCUT2D eigenvalue weighted by Crippen LogP contribution is 2.30. The Bertz CT molecular complexity index is 1360. The number of aliphatic hydroxyl groups is 1. The Kier molecular flexibility index (Phi) is 8.87. The summed E-state index contributed by atoms with van der Waals surface area (Å²) in [6.45, 7) is 6.44. The zero-order valence-electron chi connectivity index (χ0n) is 23.6. The smallest absolute Gasteiger partial charge is 0.326 e. The maximum Gasteiger partial charge on any atom is 0.326 e. The number of aryl methyl sites for hydroxylation is 2. The normalized spacial score (nSPS) is 17.9. The van der Waals surface area contributed by atoms with Gasteiger partial charge in [0.15, 0.2) is 0 Å². The number of rotatable bonds is 11. The molecule has 2 N–H and O–H groups in total. The molecule has 10 heteroatoms. The molecule has 1 saturated heterocycles. The summed E-state index contributed by atoms with van der Waals surface area (Å²) in [6.07, 6.45) is 5.79. The van der Waals surface area contributed by atoms with E-state index in [4.69, 9.17) is 19.2 Å². The fraction of sp³-hybridized carbons (Fsp3) is 0.567. The van der Waals surface area contributed by atoms with Crippen molar-refractivity contribution >= 4 is 17.0 Å². The third-order valence-corrected chi connectivity index (χ3v) is 7.93. The third-order valence-electron chi connectivity index (χ3n) is 7.93. The van der Waals surface area contributed by atoms with Crippen LogP contribution in [0.4, 0.5) is 0 Å². The first-order chi connectivity index (χ1) is 19.3. The number of carbonyl (C=O) groups is 1. The van der Waals surface area contributed by atoms with Crippen molar-refractivity contribution in [2.75, 3.05) is 26.4 Å². The van der Waals surface area contributed by atoms with Crippen molar-refractivity contribution in [3.05, 3.63) is 46.4 Å². The number of nitrogens with one attached hydrogen (secondary N) is 1. The van der Waals surface area contributed by atoms with Gasteiger partial charge < -0.3 is 28.5 Å². The minimum absolute atomic E-state index is 0.0192. The van der Waals surface area contributed by atoms with Crippen molar-refractivity contribution < 1.29 is 24.1 Å². The van der Waals surface area contributed by atoms with Crippen LogP contribution in [0.3, 0.4) is 0 Å². The number of pyridine rings is 1. The predicted octanol–water partition coefficient (Wildman–Crippen LogP) is 2.95. The molecule has 216 valence electrons. The van der Waals surface area contributed by atoms with Crippen molar-refractivity contribution in [1.29, 1.82) is 0 Å². The van der Waals surface area contributed by atoms with Gasteiger partial charge >= 0.3 is 5.97 Å². The fourth-order valence-corrected chi connectivity index (χ4v) is 5.35. The SMILES string of the molecule is Cc1cc(-c2nc3cc(OCCNC(C(=O)OC4CCC4)C(C)O)ccc3n2CC2CCOCC2)cn(C)c1=O. The second-order valence-electron chi connectivity index (χ2n) is 11.1. The highest BCUT2D eigenvalue weighted by atomic mass is 16.5. The molecule has 2 unspecified atom stereocenters. The van der Waals surface area contributed by atoms with Crippen LogP contribution >= 0.6 is 0 Å². The first-order valence-electron chi connectivity index (χ1n) is 14.3. The number of ether oxygens (including phenoxy) is 3. The van der Waals surface area contributed by atoms with Crippen LogP contribution in [0.25, 0.3) is 22.4 Å². The summed E-state index contributed by atoms with van der Waals surface area (Å²) in [4.78, 5) is 29.8. The molecule has 2 fully saturated rings. The van der Waals surface area contributed by atoms with Gasteiger partial charge in [-0.15, -0.1) is 0 Å². The minimum atomic E-state index is -0.872. The van der Waals surface area contributed by atoms with Gasteiger partial charge in [0.25, 0.3) is 5.56 Å². The number of benzene rings is 1. The number of nitrogens with zero attached hydrogens (tertiary/aromatic N) is 3. The maximum absolute atomic E-state index is 12.4. The van der Waals surface area contributed by atoms with E-state index < -0.39 is 18.1 Å². The predicted molar refractivity (Wildman–Crippen MR) is 151 cm³/mol. The van der Waals surface area contributed by atoms with Crippen LogP contribution in [-0.4, -0.2) is 69.8 Å². The monoisotopic (exact) mass is 552 g/mol. The highest BCUT2D eigenvalue weighted by Gasteiger charge is 2.29. The van der Waals surface area contributed by atoms with Gasteiger partial charge in [-0.2, -0.15) is 0 Å². The summed E-state index contributed by atoms with van der Waals surface area (Å²) in [5, 5.41) is 13.1. The van der Waals surface area contributed by atoms with Gasteiger partial charge in [0, 0.05) is 56.7 Å². The van der Waals surface area contributed by atoms with E-state index >= 15 is 0 Å². The van der Waals surface area contributed by atoms with Gasteiger partial charge in [-0.25, -0.2) is 4.98 Å². The number of hydrogen-bond donors (Lipinski definition) is 2. The molecule has 10 nitrogen and oxygen atoms in total. The Morgan fingerprint density at radius 2 is 2.00 bits per heavy atom. The van der Waals surface area contributed by atoms with Crippen LogP contribution in [0.2, 0.25) is 0 Å². The maximum atomic E-state index is 12.4. The molecule has 0 spiro atoms. The van der Waals surface area contributed by atoms with Gasteiger partial charge in [-0.05, 0) is 70.1 Å². The molecule has 2 aromatic heterocycles. The van der Waals surface area contributed by atoms with Crippen LogP contribution < -0.4 is 15.6 Å². The molecule has 1 aliphatic heterocycles. The van der Waals surface area contributed by atoms with Crippen LogP contribution in [0.5, 0.6) is 5.75 Å². The van der Waals surface area contributed by atoms with Crippen molar-refractivity contribution in [3.8, 4) is 17.1 Å². The minimum Gasteiger partial charge on any atom is -0.492 e. The Labute approximate surface area is 234 Å². The molecule has 40 heavy (non-hydrogen) atoms. The summed E-state index contributed by atoms with van der Waals surface area (Å²) in [6, 6.07) is 6.99. The largest absolute Gasteiger partial charge is 0.492 e. The molecule has 1 aromatic carbocycles. The van der Waals surface area contributed by atoms with Crippen molar-refractivity contribution in [3.63, 3.8) is 0 Å². The van der Waals surface area contributed by atoms with E-state index in [-0.39, 0.29) is 11.7 Å². The lowest BCUT2D eigenvalue weighted by Crippen LogP contribution is -2.48. The molecular weight excluding hydrogens is 512 g/mol. The first kappa shape index (κ1) is 28.3. The molecule has 1 aliphatic carbocycles. The van der Waals surface area contributed by atoms with Gasteiger partial charge in [0.1, 0.15) is 30.3 Å². The third kappa shape index (κ3) is 6.40. The van der Waals surface area contributed by atoms with Crippen molar-refractivity contribution in [2.45, 2.75) is 70.7 Å². The Hall–Kier alpha value is -3.21. The second-order valence-corrected chi connectivity index (χ2v) is 11.1. The van der Waals surface area contributed by atoms with E-state index in [1.54, 1.807) is 18.5 Å². The quantitative estimate of drug-likeness (QED) is 0.276. The number of hydrogen-bond acceptors (Lipinski definition) is 8. The van der Waals surface area contributed by atoms with E-state index in [0.29, 0.717) is 30.4 Å². The zero-order chi connectivity index (χ0) is 28.2. The molecule has 3 heterocycles. The molecule has 3 aromatic rings. The van der Waals surface area contributed by atoms with E-state index in [1.165, 1.54) is 0 Å². The molecule has 0 amide bonds. The van der Waals surface area contributed by atoms with Crippen molar-refractivity contribution in [2.24, 2.45) is 13.0 Å². The molecule has 2 aliphatic rings. The standard InChI is InChI=1S/C30H40N4O6/c1-19-15-22(18-33(3)29(19)36)28-32-25-16-24(7-8-26(25)34(28)17-21-9-12-38-13-10-21)39-14-11-31-27(20(2)35)30(37)40-23-5-4-6-23/h7-8,15-16,18,20-21,23,27,31,35H,4-6,9-14,17H2,1-3H3. The number of carbonyl (C=O) groups excluding carboxylic acids is 1. The average Bonchev–Trinajstić information content (AvgIpc) is 3.26.